The minimum atomic E-state index is 0.00926. The molecule has 0 heterocycles. The Bertz CT molecular complexity index is 73.6. The van der Waals surface area contributed by atoms with Crippen molar-refractivity contribution < 1.29 is 5.11 Å². The van der Waals surface area contributed by atoms with Crippen molar-refractivity contribution >= 4 is 0 Å². The van der Waals surface area contributed by atoms with Crippen LogP contribution in [0.15, 0.2) is 0 Å². The Morgan fingerprint density at radius 1 is 1.38 bits per heavy atom. The lowest BCUT2D eigenvalue weighted by atomic mass is 10.1. The zero-order valence-corrected chi connectivity index (χ0v) is 5.76. The molecule has 0 aliphatic heterocycles. The van der Waals surface area contributed by atoms with Crippen LogP contribution in [0.1, 0.15) is 20.8 Å². The van der Waals surface area contributed by atoms with Crippen LogP contribution in [0.3, 0.4) is 0 Å². The van der Waals surface area contributed by atoms with Gasteiger partial charge in [-0.05, 0) is 17.8 Å². The highest BCUT2D eigenvalue weighted by Crippen LogP contribution is 2.43. The normalized spacial score (nSPS) is 45.4. The van der Waals surface area contributed by atoms with Crippen LogP contribution in [0.5, 0.6) is 0 Å². The van der Waals surface area contributed by atoms with Crippen molar-refractivity contribution in [3.63, 3.8) is 0 Å². The highest BCUT2D eigenvalue weighted by atomic mass is 16.3. The summed E-state index contributed by atoms with van der Waals surface area (Å²) in [6, 6.07) is 0. The average Bonchev–Trinajstić information content (AvgIpc) is 2.15. The van der Waals surface area contributed by atoms with Crippen molar-refractivity contribution in [1.29, 1.82) is 0 Å². The van der Waals surface area contributed by atoms with Gasteiger partial charge in [0.15, 0.2) is 0 Å². The molecular formula is C7H14O. The van der Waals surface area contributed by atoms with Crippen molar-refractivity contribution in [3.05, 3.63) is 0 Å². The second-order valence-electron chi connectivity index (χ2n) is 3.17. The molecule has 0 radical (unpaired) electrons. The maximum absolute atomic E-state index is 9.07. The van der Waals surface area contributed by atoms with Gasteiger partial charge in [0, 0.05) is 0 Å². The molecule has 0 aromatic rings. The molecule has 1 N–H and O–H groups in total. The van der Waals surface area contributed by atoms with E-state index in [0.717, 1.165) is 0 Å². The van der Waals surface area contributed by atoms with Crippen LogP contribution in [0.25, 0.3) is 0 Å². The van der Waals surface area contributed by atoms with Gasteiger partial charge in [0.25, 0.3) is 0 Å². The fourth-order valence-electron chi connectivity index (χ4n) is 1.47. The molecule has 1 aliphatic carbocycles. The fraction of sp³-hybridized carbons (Fsp3) is 1.00. The minimum absolute atomic E-state index is 0.00926. The summed E-state index contributed by atoms with van der Waals surface area (Å²) in [4.78, 5) is 0. The second kappa shape index (κ2) is 1.73. The van der Waals surface area contributed by atoms with Crippen molar-refractivity contribution in [3.8, 4) is 0 Å². The minimum Gasteiger partial charge on any atom is -0.393 e. The summed E-state index contributed by atoms with van der Waals surface area (Å²) in [5.41, 5.74) is 0. The Hall–Kier alpha value is -0.0400. The lowest BCUT2D eigenvalue weighted by Crippen LogP contribution is -1.94. The standard InChI is InChI=1S/C7H14O/c1-4(2)6-5(3)7(6)8/h4-8H,1-3H3. The third-order valence-corrected chi connectivity index (χ3v) is 2.17. The molecule has 1 saturated carbocycles. The molecule has 3 unspecified atom stereocenters. The van der Waals surface area contributed by atoms with E-state index in [2.05, 4.69) is 20.8 Å². The largest absolute Gasteiger partial charge is 0.393 e. The lowest BCUT2D eigenvalue weighted by molar-refractivity contribution is 0.239. The van der Waals surface area contributed by atoms with Crippen LogP contribution in [-0.2, 0) is 0 Å². The van der Waals surface area contributed by atoms with E-state index in [1.165, 1.54) is 0 Å². The quantitative estimate of drug-likeness (QED) is 0.544. The first-order valence-corrected chi connectivity index (χ1v) is 3.32. The Balaban J connectivity index is 2.33. The summed E-state index contributed by atoms with van der Waals surface area (Å²) in [6.45, 7) is 6.43. The number of aliphatic hydroxyl groups excluding tert-OH is 1. The van der Waals surface area contributed by atoms with Gasteiger partial charge in [0.1, 0.15) is 0 Å². The SMILES string of the molecule is CC(C)C1C(C)C1O. The first kappa shape index (κ1) is 6.09. The van der Waals surface area contributed by atoms with Gasteiger partial charge in [-0.3, -0.25) is 0 Å². The molecule has 48 valence electrons. The van der Waals surface area contributed by atoms with Crippen LogP contribution in [0.4, 0.5) is 0 Å². The van der Waals surface area contributed by atoms with Crippen LogP contribution < -0.4 is 0 Å². The summed E-state index contributed by atoms with van der Waals surface area (Å²) in [5, 5.41) is 9.07. The van der Waals surface area contributed by atoms with Gasteiger partial charge in [-0.15, -0.1) is 0 Å². The summed E-state index contributed by atoms with van der Waals surface area (Å²) < 4.78 is 0. The van der Waals surface area contributed by atoms with Crippen LogP contribution in [0, 0.1) is 17.8 Å². The van der Waals surface area contributed by atoms with E-state index in [1.54, 1.807) is 0 Å². The third-order valence-electron chi connectivity index (χ3n) is 2.17. The molecule has 0 spiro atoms. The molecule has 1 fully saturated rings. The molecule has 0 aromatic heterocycles. The first-order valence-electron chi connectivity index (χ1n) is 3.32. The summed E-state index contributed by atoms with van der Waals surface area (Å²) in [5.74, 6) is 1.82. The van der Waals surface area contributed by atoms with Crippen LogP contribution >= 0.6 is 0 Å². The predicted octanol–water partition coefficient (Wildman–Crippen LogP) is 1.27. The number of hydrogen-bond acceptors (Lipinski definition) is 1. The Kier molecular flexibility index (Phi) is 1.31. The van der Waals surface area contributed by atoms with E-state index >= 15 is 0 Å². The highest BCUT2D eigenvalue weighted by Gasteiger charge is 2.46. The van der Waals surface area contributed by atoms with Gasteiger partial charge >= 0.3 is 0 Å². The van der Waals surface area contributed by atoms with Crippen LogP contribution in [0.2, 0.25) is 0 Å². The zero-order valence-electron chi connectivity index (χ0n) is 5.76. The van der Waals surface area contributed by atoms with E-state index in [0.29, 0.717) is 17.8 Å². The first-order chi connectivity index (χ1) is 3.64. The van der Waals surface area contributed by atoms with E-state index in [4.69, 9.17) is 5.11 Å². The summed E-state index contributed by atoms with van der Waals surface area (Å²) in [6.07, 6.45) is 0.00926. The topological polar surface area (TPSA) is 20.2 Å². The molecule has 0 aromatic carbocycles. The summed E-state index contributed by atoms with van der Waals surface area (Å²) in [7, 11) is 0. The fourth-order valence-corrected chi connectivity index (χ4v) is 1.47. The monoisotopic (exact) mass is 114 g/mol. The average molecular weight is 114 g/mol. The van der Waals surface area contributed by atoms with Gasteiger partial charge in [-0.25, -0.2) is 0 Å². The van der Waals surface area contributed by atoms with Gasteiger partial charge in [0.05, 0.1) is 6.10 Å². The van der Waals surface area contributed by atoms with Crippen molar-refractivity contribution in [2.24, 2.45) is 17.8 Å². The predicted molar refractivity (Wildman–Crippen MR) is 33.5 cm³/mol. The van der Waals surface area contributed by atoms with Crippen molar-refractivity contribution in [2.45, 2.75) is 26.9 Å². The van der Waals surface area contributed by atoms with Crippen LogP contribution in [-0.4, -0.2) is 11.2 Å². The zero-order chi connectivity index (χ0) is 6.31. The molecular weight excluding hydrogens is 100 g/mol. The summed E-state index contributed by atoms with van der Waals surface area (Å²) >= 11 is 0. The molecule has 1 nitrogen and oxygen atoms in total. The Morgan fingerprint density at radius 2 is 1.75 bits per heavy atom. The molecule has 0 saturated heterocycles. The van der Waals surface area contributed by atoms with E-state index in [1.807, 2.05) is 0 Å². The van der Waals surface area contributed by atoms with E-state index < -0.39 is 0 Å². The molecule has 1 rings (SSSR count). The molecule has 1 heteroatoms. The molecule has 1 aliphatic rings. The molecule has 0 amide bonds. The molecule has 3 atom stereocenters. The second-order valence-corrected chi connectivity index (χ2v) is 3.17. The molecule has 8 heavy (non-hydrogen) atoms. The number of rotatable bonds is 1. The van der Waals surface area contributed by atoms with Gasteiger partial charge < -0.3 is 5.11 Å². The van der Waals surface area contributed by atoms with Gasteiger partial charge in [0.2, 0.25) is 0 Å². The van der Waals surface area contributed by atoms with Crippen molar-refractivity contribution in [1.82, 2.24) is 0 Å². The lowest BCUT2D eigenvalue weighted by Gasteiger charge is -1.97. The smallest absolute Gasteiger partial charge is 0.0603 e. The number of aliphatic hydroxyl groups is 1. The maximum atomic E-state index is 9.07. The third kappa shape index (κ3) is 0.752. The van der Waals surface area contributed by atoms with E-state index in [9.17, 15) is 0 Å². The van der Waals surface area contributed by atoms with Gasteiger partial charge in [-0.1, -0.05) is 20.8 Å². The van der Waals surface area contributed by atoms with E-state index in [-0.39, 0.29) is 6.10 Å². The number of hydrogen-bond donors (Lipinski definition) is 1. The molecule has 0 bridgehead atoms. The van der Waals surface area contributed by atoms with Gasteiger partial charge in [-0.2, -0.15) is 0 Å². The highest BCUT2D eigenvalue weighted by molar-refractivity contribution is 4.95. The maximum Gasteiger partial charge on any atom is 0.0603 e. The van der Waals surface area contributed by atoms with Crippen molar-refractivity contribution in [2.75, 3.05) is 0 Å². The Labute approximate surface area is 50.7 Å². The Morgan fingerprint density at radius 3 is 1.75 bits per heavy atom.